The standard InChI is InChI=1S/C19H21N3O3/c1-14-13-21(17-5-3-16(4-6-17)19(24)25-2)11-12-22(14)18(23)15-7-9-20-10-8-15/h3-10,14H,11-13H2,1-2H3/t14-/m0/s1. The highest BCUT2D eigenvalue weighted by Gasteiger charge is 2.28. The maximum atomic E-state index is 12.6. The zero-order valence-corrected chi connectivity index (χ0v) is 14.4. The van der Waals surface area contributed by atoms with Gasteiger partial charge in [-0.05, 0) is 43.3 Å². The number of aromatic nitrogens is 1. The first-order valence-corrected chi connectivity index (χ1v) is 8.24. The van der Waals surface area contributed by atoms with Gasteiger partial charge in [-0.15, -0.1) is 0 Å². The Balaban J connectivity index is 1.67. The van der Waals surface area contributed by atoms with Crippen molar-refractivity contribution in [2.24, 2.45) is 0 Å². The number of carbonyl (C=O) groups excluding carboxylic acids is 2. The SMILES string of the molecule is COC(=O)c1ccc(N2CCN(C(=O)c3ccncc3)[C@@H](C)C2)cc1. The third kappa shape index (κ3) is 3.63. The maximum absolute atomic E-state index is 12.6. The number of rotatable bonds is 3. The van der Waals surface area contributed by atoms with E-state index in [4.69, 9.17) is 4.74 Å². The van der Waals surface area contributed by atoms with E-state index in [1.165, 1.54) is 7.11 Å². The Kier molecular flexibility index (Phi) is 4.97. The molecule has 0 spiro atoms. The summed E-state index contributed by atoms with van der Waals surface area (Å²) in [5, 5.41) is 0. The molecule has 130 valence electrons. The van der Waals surface area contributed by atoms with Gasteiger partial charge in [-0.25, -0.2) is 4.79 Å². The van der Waals surface area contributed by atoms with Crippen LogP contribution in [0.2, 0.25) is 0 Å². The van der Waals surface area contributed by atoms with Crippen LogP contribution in [-0.2, 0) is 4.74 Å². The van der Waals surface area contributed by atoms with E-state index >= 15 is 0 Å². The molecule has 25 heavy (non-hydrogen) atoms. The van der Waals surface area contributed by atoms with Crippen molar-refractivity contribution in [3.8, 4) is 0 Å². The summed E-state index contributed by atoms with van der Waals surface area (Å²) < 4.78 is 4.72. The zero-order chi connectivity index (χ0) is 17.8. The second-order valence-electron chi connectivity index (χ2n) is 6.07. The van der Waals surface area contributed by atoms with Gasteiger partial charge < -0.3 is 14.5 Å². The lowest BCUT2D eigenvalue weighted by Crippen LogP contribution is -2.54. The van der Waals surface area contributed by atoms with Crippen LogP contribution < -0.4 is 4.90 Å². The van der Waals surface area contributed by atoms with Crippen LogP contribution in [0.4, 0.5) is 5.69 Å². The minimum atomic E-state index is -0.340. The van der Waals surface area contributed by atoms with E-state index < -0.39 is 0 Å². The van der Waals surface area contributed by atoms with Crippen LogP contribution in [0.25, 0.3) is 0 Å². The van der Waals surface area contributed by atoms with Crippen LogP contribution in [0.3, 0.4) is 0 Å². The van der Waals surface area contributed by atoms with Crippen molar-refractivity contribution in [1.82, 2.24) is 9.88 Å². The molecular formula is C19H21N3O3. The van der Waals surface area contributed by atoms with Crippen LogP contribution in [0, 0.1) is 0 Å². The number of benzene rings is 1. The molecule has 1 saturated heterocycles. The first kappa shape index (κ1) is 17.0. The third-order valence-corrected chi connectivity index (χ3v) is 4.47. The quantitative estimate of drug-likeness (QED) is 0.803. The van der Waals surface area contributed by atoms with Crippen LogP contribution in [-0.4, -0.2) is 54.5 Å². The number of hydrogen-bond acceptors (Lipinski definition) is 5. The number of ether oxygens (including phenoxy) is 1. The average molecular weight is 339 g/mol. The number of nitrogens with zero attached hydrogens (tertiary/aromatic N) is 3. The molecule has 6 heteroatoms. The van der Waals surface area contributed by atoms with Crippen molar-refractivity contribution in [3.63, 3.8) is 0 Å². The van der Waals surface area contributed by atoms with E-state index in [0.717, 1.165) is 18.8 Å². The molecule has 0 bridgehead atoms. The molecule has 0 N–H and O–H groups in total. The number of methoxy groups -OCH3 is 1. The predicted octanol–water partition coefficient (Wildman–Crippen LogP) is 2.22. The monoisotopic (exact) mass is 339 g/mol. The first-order valence-electron chi connectivity index (χ1n) is 8.24. The molecule has 1 amide bonds. The molecule has 1 aliphatic heterocycles. The minimum absolute atomic E-state index is 0.0376. The van der Waals surface area contributed by atoms with Gasteiger partial charge in [-0.2, -0.15) is 0 Å². The summed E-state index contributed by atoms with van der Waals surface area (Å²) >= 11 is 0. The van der Waals surface area contributed by atoms with Crippen molar-refractivity contribution in [2.45, 2.75) is 13.0 Å². The van der Waals surface area contributed by atoms with Gasteiger partial charge in [0.05, 0.1) is 12.7 Å². The van der Waals surface area contributed by atoms with Crippen molar-refractivity contribution in [1.29, 1.82) is 0 Å². The second-order valence-corrected chi connectivity index (χ2v) is 6.07. The maximum Gasteiger partial charge on any atom is 0.337 e. The third-order valence-electron chi connectivity index (χ3n) is 4.47. The fourth-order valence-electron chi connectivity index (χ4n) is 3.08. The number of amides is 1. The van der Waals surface area contributed by atoms with Gasteiger partial charge in [-0.1, -0.05) is 0 Å². The summed E-state index contributed by atoms with van der Waals surface area (Å²) in [4.78, 5) is 32.2. The van der Waals surface area contributed by atoms with Crippen LogP contribution in [0.15, 0.2) is 48.8 Å². The molecule has 2 aromatic rings. The van der Waals surface area contributed by atoms with Crippen molar-refractivity contribution < 1.29 is 14.3 Å². The molecule has 1 atom stereocenters. The lowest BCUT2D eigenvalue weighted by Gasteiger charge is -2.41. The number of hydrogen-bond donors (Lipinski definition) is 0. The highest BCUT2D eigenvalue weighted by molar-refractivity contribution is 5.94. The molecule has 1 aliphatic rings. The van der Waals surface area contributed by atoms with Gasteiger partial charge in [-0.3, -0.25) is 9.78 Å². The zero-order valence-electron chi connectivity index (χ0n) is 14.4. The molecule has 1 aromatic carbocycles. The smallest absolute Gasteiger partial charge is 0.337 e. The summed E-state index contributed by atoms with van der Waals surface area (Å²) in [6.45, 7) is 4.20. The van der Waals surface area contributed by atoms with Crippen LogP contribution in [0.5, 0.6) is 0 Å². The molecule has 1 aromatic heterocycles. The second kappa shape index (κ2) is 7.34. The van der Waals surface area contributed by atoms with Gasteiger partial charge in [0.15, 0.2) is 0 Å². The lowest BCUT2D eigenvalue weighted by atomic mass is 10.1. The van der Waals surface area contributed by atoms with Crippen molar-refractivity contribution in [3.05, 3.63) is 59.9 Å². The highest BCUT2D eigenvalue weighted by atomic mass is 16.5. The number of carbonyl (C=O) groups is 2. The van der Waals surface area contributed by atoms with Crippen LogP contribution >= 0.6 is 0 Å². The molecular weight excluding hydrogens is 318 g/mol. The van der Waals surface area contributed by atoms with Crippen molar-refractivity contribution in [2.75, 3.05) is 31.6 Å². The van der Waals surface area contributed by atoms with Gasteiger partial charge in [0.25, 0.3) is 5.91 Å². The lowest BCUT2D eigenvalue weighted by molar-refractivity contribution is 0.0599. The highest BCUT2D eigenvalue weighted by Crippen LogP contribution is 2.21. The Morgan fingerprint density at radius 1 is 1.04 bits per heavy atom. The fraction of sp³-hybridized carbons (Fsp3) is 0.316. The van der Waals surface area contributed by atoms with E-state index in [1.54, 1.807) is 36.7 Å². The number of pyridine rings is 1. The van der Waals surface area contributed by atoms with Crippen molar-refractivity contribution >= 4 is 17.6 Å². The fourth-order valence-corrected chi connectivity index (χ4v) is 3.08. The molecule has 2 heterocycles. The Hall–Kier alpha value is -2.89. The van der Waals surface area contributed by atoms with E-state index in [0.29, 0.717) is 17.7 Å². The topological polar surface area (TPSA) is 62.7 Å². The largest absolute Gasteiger partial charge is 0.465 e. The molecule has 0 unspecified atom stereocenters. The Bertz CT molecular complexity index is 746. The van der Waals surface area contributed by atoms with E-state index in [-0.39, 0.29) is 17.9 Å². The summed E-state index contributed by atoms with van der Waals surface area (Å²) in [6, 6.07) is 10.9. The van der Waals surface area contributed by atoms with E-state index in [9.17, 15) is 9.59 Å². The Morgan fingerprint density at radius 2 is 1.72 bits per heavy atom. The first-order chi connectivity index (χ1) is 12.1. The summed E-state index contributed by atoms with van der Waals surface area (Å²) in [6.07, 6.45) is 3.27. The summed E-state index contributed by atoms with van der Waals surface area (Å²) in [5.74, 6) is -0.303. The molecule has 6 nitrogen and oxygen atoms in total. The summed E-state index contributed by atoms with van der Waals surface area (Å²) in [5.41, 5.74) is 2.24. The Labute approximate surface area is 147 Å². The number of piperazine rings is 1. The summed E-state index contributed by atoms with van der Waals surface area (Å²) in [7, 11) is 1.37. The van der Waals surface area contributed by atoms with Crippen LogP contribution in [0.1, 0.15) is 27.6 Å². The minimum Gasteiger partial charge on any atom is -0.465 e. The molecule has 0 saturated carbocycles. The van der Waals surface area contributed by atoms with Gasteiger partial charge in [0.1, 0.15) is 0 Å². The molecule has 3 rings (SSSR count). The molecule has 0 aliphatic carbocycles. The van der Waals surface area contributed by atoms with Gasteiger partial charge >= 0.3 is 5.97 Å². The van der Waals surface area contributed by atoms with E-state index in [1.807, 2.05) is 24.0 Å². The average Bonchev–Trinajstić information content (AvgIpc) is 2.67. The normalized spacial score (nSPS) is 17.3. The van der Waals surface area contributed by atoms with E-state index in [2.05, 4.69) is 9.88 Å². The predicted molar refractivity (Wildman–Crippen MR) is 94.7 cm³/mol. The van der Waals surface area contributed by atoms with Gasteiger partial charge in [0.2, 0.25) is 0 Å². The number of anilines is 1. The van der Waals surface area contributed by atoms with Gasteiger partial charge in [0, 0.05) is 49.3 Å². The molecule has 1 fully saturated rings. The Morgan fingerprint density at radius 3 is 2.32 bits per heavy atom. The number of esters is 1. The molecule has 0 radical (unpaired) electrons.